The van der Waals surface area contributed by atoms with Crippen molar-refractivity contribution in [3.63, 3.8) is 0 Å². The van der Waals surface area contributed by atoms with Crippen molar-refractivity contribution in [2.45, 2.75) is 70.3 Å². The summed E-state index contributed by atoms with van der Waals surface area (Å²) in [6, 6.07) is 2.73. The number of nitrogens with one attached hydrogen (secondary N) is 1. The third kappa shape index (κ3) is 5.62. The smallest absolute Gasteiger partial charge is 0.141 e. The zero-order valence-electron chi connectivity index (χ0n) is 17.8. The molecule has 0 atom stereocenters. The molecule has 6 N–H and O–H groups in total. The quantitative estimate of drug-likeness (QED) is 0.578. The van der Waals surface area contributed by atoms with Gasteiger partial charge in [-0.25, -0.2) is 10.8 Å². The van der Waals surface area contributed by atoms with E-state index in [0.29, 0.717) is 12.5 Å². The third-order valence-electron chi connectivity index (χ3n) is 6.52. The lowest BCUT2D eigenvalue weighted by molar-refractivity contribution is 0.152. The summed E-state index contributed by atoms with van der Waals surface area (Å²) in [4.78, 5) is 9.63. The molecular weight excluding hydrogens is 364 g/mol. The van der Waals surface area contributed by atoms with Gasteiger partial charge in [0.05, 0.1) is 12.3 Å². The molecule has 1 aliphatic heterocycles. The second-order valence-corrected chi connectivity index (χ2v) is 8.53. The molecule has 0 radical (unpaired) electrons. The van der Waals surface area contributed by atoms with Gasteiger partial charge in [0.1, 0.15) is 12.2 Å². The van der Waals surface area contributed by atoms with Crippen molar-refractivity contribution in [3.8, 4) is 0 Å². The molecule has 0 bridgehead atoms. The van der Waals surface area contributed by atoms with E-state index in [2.05, 4.69) is 21.9 Å². The monoisotopic (exact) mass is 402 g/mol. The van der Waals surface area contributed by atoms with Crippen molar-refractivity contribution in [1.82, 2.24) is 14.9 Å². The summed E-state index contributed by atoms with van der Waals surface area (Å²) in [5.74, 6) is 7.28. The lowest BCUT2D eigenvalue weighted by Crippen LogP contribution is -2.35. The third-order valence-corrected chi connectivity index (χ3v) is 6.52. The number of likely N-dealkylation sites (N-methyl/N-ethyl adjacent to an activating group) is 1. The van der Waals surface area contributed by atoms with Crippen LogP contribution in [0.4, 0.5) is 5.82 Å². The predicted octanol–water partition coefficient (Wildman–Crippen LogP) is 3.31. The first-order chi connectivity index (χ1) is 14.1. The number of nitrogens with zero attached hydrogens (tertiary/aromatic N) is 3. The molecule has 2 saturated carbocycles. The van der Waals surface area contributed by atoms with Crippen LogP contribution in [-0.4, -0.2) is 52.6 Å². The van der Waals surface area contributed by atoms with E-state index in [1.165, 1.54) is 64.2 Å². The van der Waals surface area contributed by atoms with Crippen LogP contribution in [0.2, 0.25) is 0 Å². The number of H-pyrrole nitrogens is 1. The fourth-order valence-electron chi connectivity index (χ4n) is 4.75. The van der Waals surface area contributed by atoms with Crippen molar-refractivity contribution < 1.29 is 5.11 Å². The summed E-state index contributed by atoms with van der Waals surface area (Å²) in [6.45, 7) is 1.14. The Hall–Kier alpha value is -1.83. The molecule has 1 aromatic heterocycles. The summed E-state index contributed by atoms with van der Waals surface area (Å²) < 4.78 is 0. The minimum absolute atomic E-state index is 0.299. The van der Waals surface area contributed by atoms with E-state index in [4.69, 9.17) is 16.7 Å². The number of aliphatic hydroxyl groups excluding tert-OH is 1. The zero-order valence-corrected chi connectivity index (χ0v) is 17.8. The van der Waals surface area contributed by atoms with Gasteiger partial charge in [0.25, 0.3) is 0 Å². The first-order valence-electron chi connectivity index (χ1n) is 11.2. The minimum Gasteiger partial charge on any atom is -0.400 e. The summed E-state index contributed by atoms with van der Waals surface area (Å²) in [7, 11) is 2.12. The van der Waals surface area contributed by atoms with E-state index in [-0.39, 0.29) is 0 Å². The summed E-state index contributed by atoms with van der Waals surface area (Å²) in [5, 5.41) is 10.3. The zero-order chi connectivity index (χ0) is 20.6. The van der Waals surface area contributed by atoms with Gasteiger partial charge < -0.3 is 20.7 Å². The second-order valence-electron chi connectivity index (χ2n) is 8.53. The standard InChI is InChI=1S/C13H19N5.C9H19NO/c14-11(9-4-2-1-3-5-9)12-10-6-7-16-13(10)17-8-18(12)15;1-10(7-8-11)9-5-3-2-4-6-9/h6-9,16H,1-5,14-15H2;9,11H,2-8H2,1H3/b12-11-;. The Balaban J connectivity index is 0.000000188. The van der Waals surface area contributed by atoms with Gasteiger partial charge in [-0.15, -0.1) is 0 Å². The Morgan fingerprint density at radius 3 is 2.48 bits per heavy atom. The Labute approximate surface area is 174 Å². The van der Waals surface area contributed by atoms with Gasteiger partial charge in [0.15, 0.2) is 0 Å². The van der Waals surface area contributed by atoms with Crippen molar-refractivity contribution in [3.05, 3.63) is 23.5 Å². The summed E-state index contributed by atoms with van der Waals surface area (Å²) in [5.41, 5.74) is 9.19. The molecule has 7 nitrogen and oxygen atoms in total. The fourth-order valence-corrected chi connectivity index (χ4v) is 4.75. The molecule has 29 heavy (non-hydrogen) atoms. The molecule has 0 spiro atoms. The molecule has 1 aromatic rings. The second kappa shape index (κ2) is 10.8. The number of rotatable bonds is 4. The molecule has 2 aliphatic carbocycles. The average Bonchev–Trinajstić information content (AvgIpc) is 3.24. The number of hydrogen-bond donors (Lipinski definition) is 4. The Morgan fingerprint density at radius 2 is 1.83 bits per heavy atom. The van der Waals surface area contributed by atoms with Gasteiger partial charge in [-0.05, 0) is 38.8 Å². The van der Waals surface area contributed by atoms with E-state index in [1.54, 1.807) is 11.3 Å². The molecular formula is C22H38N6O. The van der Waals surface area contributed by atoms with Crippen molar-refractivity contribution in [2.75, 3.05) is 20.2 Å². The van der Waals surface area contributed by atoms with Gasteiger partial charge in [0.2, 0.25) is 0 Å². The molecule has 0 amide bonds. The summed E-state index contributed by atoms with van der Waals surface area (Å²) >= 11 is 0. The van der Waals surface area contributed by atoms with Gasteiger partial charge in [-0.2, -0.15) is 0 Å². The number of aliphatic hydroxyl groups is 1. The van der Waals surface area contributed by atoms with Gasteiger partial charge in [-0.3, -0.25) is 5.01 Å². The van der Waals surface area contributed by atoms with Gasteiger partial charge in [-0.1, -0.05) is 38.5 Å². The first kappa shape index (κ1) is 21.9. The number of fused-ring (bicyclic) bond motifs is 1. The number of hydrogen-bond acceptors (Lipinski definition) is 6. The first-order valence-corrected chi connectivity index (χ1v) is 11.2. The highest BCUT2D eigenvalue weighted by Gasteiger charge is 2.25. The number of aromatic nitrogens is 1. The Kier molecular flexibility index (Phi) is 8.15. The maximum absolute atomic E-state index is 8.73. The molecule has 2 heterocycles. The molecule has 3 aliphatic rings. The molecule has 0 saturated heterocycles. The number of nitrogens with two attached hydrogens (primary N) is 2. The molecule has 2 fully saturated rings. The van der Waals surface area contributed by atoms with Crippen LogP contribution in [0.25, 0.3) is 5.70 Å². The number of allylic oxidation sites excluding steroid dienone is 1. The normalized spacial score (nSPS) is 22.3. The van der Waals surface area contributed by atoms with Gasteiger partial charge in [0, 0.05) is 36.0 Å². The van der Waals surface area contributed by atoms with Crippen LogP contribution >= 0.6 is 0 Å². The number of aliphatic imine (C=N–C) groups is 1. The SMILES string of the molecule is CN(CCO)C1CCCCC1.N/C(=C1/c2cc[nH]c2N=CN1N)C1CCCCC1. The van der Waals surface area contributed by atoms with E-state index in [0.717, 1.165) is 35.4 Å². The van der Waals surface area contributed by atoms with Crippen LogP contribution in [0.1, 0.15) is 69.8 Å². The summed E-state index contributed by atoms with van der Waals surface area (Å²) in [6.07, 6.45) is 16.5. The van der Waals surface area contributed by atoms with E-state index < -0.39 is 0 Å². The lowest BCUT2D eigenvalue weighted by Gasteiger charge is -2.30. The highest BCUT2D eigenvalue weighted by molar-refractivity contribution is 5.86. The average molecular weight is 403 g/mol. The van der Waals surface area contributed by atoms with Gasteiger partial charge >= 0.3 is 0 Å². The van der Waals surface area contributed by atoms with E-state index >= 15 is 0 Å². The highest BCUT2D eigenvalue weighted by atomic mass is 16.3. The highest BCUT2D eigenvalue weighted by Crippen LogP contribution is 2.36. The molecule has 7 heteroatoms. The Morgan fingerprint density at radius 1 is 1.17 bits per heavy atom. The minimum atomic E-state index is 0.299. The van der Waals surface area contributed by atoms with Crippen LogP contribution < -0.4 is 11.6 Å². The maximum Gasteiger partial charge on any atom is 0.141 e. The maximum atomic E-state index is 8.73. The van der Waals surface area contributed by atoms with Crippen LogP contribution in [0.5, 0.6) is 0 Å². The number of hydrazine groups is 1. The van der Waals surface area contributed by atoms with Crippen LogP contribution in [0.15, 0.2) is 23.0 Å². The topological polar surface area (TPSA) is 107 Å². The van der Waals surface area contributed by atoms with Crippen LogP contribution in [-0.2, 0) is 0 Å². The molecule has 0 aromatic carbocycles. The van der Waals surface area contributed by atoms with Crippen LogP contribution in [0, 0.1) is 5.92 Å². The van der Waals surface area contributed by atoms with Crippen molar-refractivity contribution >= 4 is 17.9 Å². The van der Waals surface area contributed by atoms with Crippen LogP contribution in [0.3, 0.4) is 0 Å². The van der Waals surface area contributed by atoms with Crippen molar-refractivity contribution in [2.24, 2.45) is 22.5 Å². The molecule has 4 rings (SSSR count). The molecule has 0 unspecified atom stereocenters. The largest absolute Gasteiger partial charge is 0.400 e. The lowest BCUT2D eigenvalue weighted by atomic mass is 9.85. The fraction of sp³-hybridized carbons (Fsp3) is 0.682. The van der Waals surface area contributed by atoms with E-state index in [9.17, 15) is 0 Å². The number of aromatic amines is 1. The Bertz CT molecular complexity index is 685. The van der Waals surface area contributed by atoms with Crippen molar-refractivity contribution in [1.29, 1.82) is 0 Å². The molecule has 162 valence electrons. The predicted molar refractivity (Wildman–Crippen MR) is 119 cm³/mol. The van der Waals surface area contributed by atoms with E-state index in [1.807, 2.05) is 12.3 Å².